The van der Waals surface area contributed by atoms with Crippen LogP contribution in [0.5, 0.6) is 5.75 Å². The number of hydrogen-bond acceptors (Lipinski definition) is 4. The Morgan fingerprint density at radius 3 is 2.59 bits per heavy atom. The van der Waals surface area contributed by atoms with E-state index >= 15 is 0 Å². The van der Waals surface area contributed by atoms with Crippen molar-refractivity contribution in [3.8, 4) is 17.0 Å². The van der Waals surface area contributed by atoms with E-state index in [0.29, 0.717) is 12.0 Å². The van der Waals surface area contributed by atoms with Crippen molar-refractivity contribution in [2.75, 3.05) is 18.0 Å². The first-order chi connectivity index (χ1) is 16.5. The highest BCUT2D eigenvalue weighted by atomic mass is 19.3. The fourth-order valence-corrected chi connectivity index (χ4v) is 4.63. The fraction of sp³-hybridized carbons (Fsp3) is 0.333. The van der Waals surface area contributed by atoms with Crippen LogP contribution in [0.2, 0.25) is 0 Å². The SMILES string of the molecule is Cc1nc2ccc(-c3ccc(N4CCC(C)CC4)cn3)cn2c1Cc1ccccc1OC(F)F. The molecule has 7 heteroatoms. The third-order valence-electron chi connectivity index (χ3n) is 6.66. The number of rotatable bonds is 6. The standard InChI is InChI=1S/C27H28F2N4O/c1-18-11-13-32(14-12-18)22-8-9-23(30-16-22)21-7-10-26-31-19(2)24(33(26)17-21)15-20-5-3-4-6-25(20)34-27(28)29/h3-10,16-18,27H,11-15H2,1-2H3. The third kappa shape index (κ3) is 4.60. The van der Waals surface area contributed by atoms with Crippen LogP contribution in [-0.2, 0) is 6.42 Å². The summed E-state index contributed by atoms with van der Waals surface area (Å²) in [5, 5.41) is 0. The Kier molecular flexibility index (Phi) is 6.18. The van der Waals surface area contributed by atoms with Gasteiger partial charge in [-0.1, -0.05) is 25.1 Å². The molecule has 4 aromatic rings. The van der Waals surface area contributed by atoms with Gasteiger partial charge in [-0.2, -0.15) is 8.78 Å². The van der Waals surface area contributed by atoms with E-state index in [2.05, 4.69) is 28.9 Å². The summed E-state index contributed by atoms with van der Waals surface area (Å²) in [4.78, 5) is 11.8. The van der Waals surface area contributed by atoms with E-state index in [0.717, 1.165) is 53.0 Å². The minimum atomic E-state index is -2.86. The fourth-order valence-electron chi connectivity index (χ4n) is 4.63. The van der Waals surface area contributed by atoms with Crippen LogP contribution in [0.15, 0.2) is 60.9 Å². The molecule has 5 nitrogen and oxygen atoms in total. The molecule has 1 aliphatic rings. The highest BCUT2D eigenvalue weighted by molar-refractivity contribution is 5.63. The zero-order valence-corrected chi connectivity index (χ0v) is 19.4. The Morgan fingerprint density at radius 1 is 1.06 bits per heavy atom. The molecule has 34 heavy (non-hydrogen) atoms. The molecule has 1 fully saturated rings. The van der Waals surface area contributed by atoms with Crippen molar-refractivity contribution in [1.82, 2.24) is 14.4 Å². The molecule has 1 saturated heterocycles. The number of pyridine rings is 2. The van der Waals surface area contributed by atoms with Gasteiger partial charge in [0.05, 0.1) is 23.3 Å². The molecule has 0 unspecified atom stereocenters. The minimum Gasteiger partial charge on any atom is -0.435 e. The first-order valence-corrected chi connectivity index (χ1v) is 11.7. The number of nitrogens with zero attached hydrogens (tertiary/aromatic N) is 4. The van der Waals surface area contributed by atoms with Crippen LogP contribution in [0.3, 0.4) is 0 Å². The number of alkyl halides is 2. The summed E-state index contributed by atoms with van der Waals surface area (Å²) in [6, 6.07) is 15.1. The summed E-state index contributed by atoms with van der Waals surface area (Å²) in [6.45, 7) is 3.53. The van der Waals surface area contributed by atoms with Crippen LogP contribution in [0.4, 0.5) is 14.5 Å². The summed E-state index contributed by atoms with van der Waals surface area (Å²) in [5.41, 5.74) is 6.30. The lowest BCUT2D eigenvalue weighted by atomic mass is 9.99. The molecule has 1 aliphatic heterocycles. The molecule has 3 aromatic heterocycles. The van der Waals surface area contributed by atoms with E-state index in [-0.39, 0.29) is 5.75 Å². The molecule has 0 N–H and O–H groups in total. The second-order valence-corrected chi connectivity index (χ2v) is 9.02. The van der Waals surface area contributed by atoms with Crippen molar-refractivity contribution in [2.45, 2.75) is 39.7 Å². The minimum absolute atomic E-state index is 0.187. The number of anilines is 1. The first-order valence-electron chi connectivity index (χ1n) is 11.7. The maximum absolute atomic E-state index is 12.9. The monoisotopic (exact) mass is 462 g/mol. The Morgan fingerprint density at radius 2 is 1.85 bits per heavy atom. The van der Waals surface area contributed by atoms with E-state index in [9.17, 15) is 8.78 Å². The largest absolute Gasteiger partial charge is 0.435 e. The van der Waals surface area contributed by atoms with Gasteiger partial charge in [-0.3, -0.25) is 4.98 Å². The summed E-state index contributed by atoms with van der Waals surface area (Å²) in [6.07, 6.45) is 6.83. The van der Waals surface area contributed by atoms with E-state index in [1.807, 2.05) is 48.0 Å². The lowest BCUT2D eigenvalue weighted by Gasteiger charge is -2.31. The zero-order valence-electron chi connectivity index (χ0n) is 19.4. The lowest BCUT2D eigenvalue weighted by Crippen LogP contribution is -2.32. The van der Waals surface area contributed by atoms with Gasteiger partial charge in [-0.15, -0.1) is 0 Å². The van der Waals surface area contributed by atoms with Crippen molar-refractivity contribution >= 4 is 11.3 Å². The van der Waals surface area contributed by atoms with Gasteiger partial charge in [0.25, 0.3) is 0 Å². The second-order valence-electron chi connectivity index (χ2n) is 9.02. The topological polar surface area (TPSA) is 42.7 Å². The van der Waals surface area contributed by atoms with Gasteiger partial charge in [0.1, 0.15) is 11.4 Å². The predicted molar refractivity (Wildman–Crippen MR) is 130 cm³/mol. The molecule has 0 amide bonds. The number of piperidine rings is 1. The maximum atomic E-state index is 12.9. The molecule has 0 radical (unpaired) electrons. The zero-order chi connectivity index (χ0) is 23.7. The number of aromatic nitrogens is 3. The number of aryl methyl sites for hydroxylation is 1. The predicted octanol–water partition coefficient (Wildman–Crippen LogP) is 6.13. The average molecular weight is 463 g/mol. The van der Waals surface area contributed by atoms with Crippen molar-refractivity contribution in [3.63, 3.8) is 0 Å². The Hall–Kier alpha value is -3.48. The Labute approximate surface area is 198 Å². The van der Waals surface area contributed by atoms with E-state index in [1.165, 1.54) is 12.8 Å². The van der Waals surface area contributed by atoms with E-state index in [4.69, 9.17) is 9.72 Å². The summed E-state index contributed by atoms with van der Waals surface area (Å²) >= 11 is 0. The van der Waals surface area contributed by atoms with E-state index in [1.54, 1.807) is 12.1 Å². The first kappa shape index (κ1) is 22.3. The van der Waals surface area contributed by atoms with Crippen LogP contribution in [-0.4, -0.2) is 34.1 Å². The molecule has 4 heterocycles. The molecular weight excluding hydrogens is 434 g/mol. The van der Waals surface area contributed by atoms with Crippen LogP contribution in [0.25, 0.3) is 16.9 Å². The smallest absolute Gasteiger partial charge is 0.387 e. The maximum Gasteiger partial charge on any atom is 0.387 e. The normalized spacial score (nSPS) is 14.8. The summed E-state index contributed by atoms with van der Waals surface area (Å²) < 4.78 is 32.5. The van der Waals surface area contributed by atoms with Gasteiger partial charge in [0, 0.05) is 42.5 Å². The van der Waals surface area contributed by atoms with Crippen LogP contribution in [0.1, 0.15) is 36.7 Å². The number of hydrogen-bond donors (Lipinski definition) is 0. The molecule has 0 aliphatic carbocycles. The Bertz CT molecular complexity index is 1280. The molecular formula is C27H28F2N4O. The Balaban J connectivity index is 1.44. The molecule has 1 aromatic carbocycles. The molecule has 176 valence electrons. The van der Waals surface area contributed by atoms with Gasteiger partial charge >= 0.3 is 6.61 Å². The number of ether oxygens (including phenoxy) is 1. The molecule has 0 atom stereocenters. The summed E-state index contributed by atoms with van der Waals surface area (Å²) in [5.74, 6) is 0.976. The molecule has 0 bridgehead atoms. The van der Waals surface area contributed by atoms with Gasteiger partial charge < -0.3 is 14.0 Å². The highest BCUT2D eigenvalue weighted by Crippen LogP contribution is 2.28. The highest BCUT2D eigenvalue weighted by Gasteiger charge is 2.17. The van der Waals surface area contributed by atoms with Gasteiger partial charge in [0.2, 0.25) is 0 Å². The number of benzene rings is 1. The number of halogens is 2. The van der Waals surface area contributed by atoms with Gasteiger partial charge in [-0.05, 0) is 56.0 Å². The van der Waals surface area contributed by atoms with Gasteiger partial charge in [-0.25, -0.2) is 4.98 Å². The van der Waals surface area contributed by atoms with Crippen molar-refractivity contribution in [2.24, 2.45) is 5.92 Å². The van der Waals surface area contributed by atoms with E-state index < -0.39 is 6.61 Å². The van der Waals surface area contributed by atoms with Crippen molar-refractivity contribution < 1.29 is 13.5 Å². The van der Waals surface area contributed by atoms with Crippen molar-refractivity contribution in [1.29, 1.82) is 0 Å². The van der Waals surface area contributed by atoms with Crippen molar-refractivity contribution in [3.05, 3.63) is 77.9 Å². The van der Waals surface area contributed by atoms with Crippen LogP contribution in [0, 0.1) is 12.8 Å². The van der Waals surface area contributed by atoms with Crippen LogP contribution < -0.4 is 9.64 Å². The molecule has 0 spiro atoms. The molecule has 0 saturated carbocycles. The third-order valence-corrected chi connectivity index (χ3v) is 6.66. The second kappa shape index (κ2) is 9.41. The average Bonchev–Trinajstić information content (AvgIpc) is 3.15. The quantitative estimate of drug-likeness (QED) is 0.346. The number of imidazole rings is 1. The number of para-hydroxylation sites is 1. The summed E-state index contributed by atoms with van der Waals surface area (Å²) in [7, 11) is 0. The lowest BCUT2D eigenvalue weighted by molar-refractivity contribution is -0.0503. The molecule has 5 rings (SSSR count). The van der Waals surface area contributed by atoms with Gasteiger partial charge in [0.15, 0.2) is 0 Å². The number of fused-ring (bicyclic) bond motifs is 1. The van der Waals surface area contributed by atoms with Crippen LogP contribution >= 0.6 is 0 Å².